The van der Waals surface area contributed by atoms with Gasteiger partial charge in [0.2, 0.25) is 0 Å². The Bertz CT molecular complexity index is 683. The molecule has 0 saturated carbocycles. The first-order valence-corrected chi connectivity index (χ1v) is 7.72. The van der Waals surface area contributed by atoms with Crippen molar-refractivity contribution in [1.29, 1.82) is 0 Å². The molecule has 0 atom stereocenters. The number of aromatic carboxylic acids is 1. The molecule has 0 aliphatic carbocycles. The number of carboxylic acids is 1. The van der Waals surface area contributed by atoms with Crippen molar-refractivity contribution in [1.82, 2.24) is 0 Å². The highest BCUT2D eigenvalue weighted by Crippen LogP contribution is 2.28. The molecule has 0 spiro atoms. The molecule has 6 heteroatoms. The topological polar surface area (TPSA) is 71.4 Å². The molecule has 1 aromatic heterocycles. The van der Waals surface area contributed by atoms with Crippen molar-refractivity contribution in [2.75, 3.05) is 6.26 Å². The number of benzene rings is 1. The standard InChI is InChI=1S/C11H10O4S2/c1-17(14,15)6-8-5-16-10-4-7(11(12)13)2-3-9(8)10/h2-5H,6H2,1H3,(H,12,13). The van der Waals surface area contributed by atoms with Crippen LogP contribution in [0.3, 0.4) is 0 Å². The predicted octanol–water partition coefficient (Wildman–Crippen LogP) is 2.14. The van der Waals surface area contributed by atoms with E-state index in [0.29, 0.717) is 0 Å². The maximum atomic E-state index is 11.2. The van der Waals surface area contributed by atoms with Crippen molar-refractivity contribution in [2.24, 2.45) is 0 Å². The van der Waals surface area contributed by atoms with Gasteiger partial charge in [-0.05, 0) is 28.5 Å². The van der Waals surface area contributed by atoms with Crippen LogP contribution in [0, 0.1) is 0 Å². The molecule has 0 bridgehead atoms. The number of carboxylic acid groups (broad SMARTS) is 1. The number of sulfone groups is 1. The summed E-state index contributed by atoms with van der Waals surface area (Å²) >= 11 is 1.36. The van der Waals surface area contributed by atoms with E-state index in [2.05, 4.69) is 0 Å². The fourth-order valence-corrected chi connectivity index (χ4v) is 3.52. The van der Waals surface area contributed by atoms with Gasteiger partial charge in [0.1, 0.15) is 0 Å². The lowest BCUT2D eigenvalue weighted by Crippen LogP contribution is -2.00. The Morgan fingerprint density at radius 3 is 2.71 bits per heavy atom. The number of fused-ring (bicyclic) bond motifs is 1. The Hall–Kier alpha value is -1.40. The minimum Gasteiger partial charge on any atom is -0.478 e. The van der Waals surface area contributed by atoms with Crippen molar-refractivity contribution >= 4 is 37.2 Å². The van der Waals surface area contributed by atoms with E-state index in [0.717, 1.165) is 15.6 Å². The van der Waals surface area contributed by atoms with Crippen LogP contribution in [0.2, 0.25) is 0 Å². The molecule has 17 heavy (non-hydrogen) atoms. The number of hydrogen-bond acceptors (Lipinski definition) is 4. The predicted molar refractivity (Wildman–Crippen MR) is 67.3 cm³/mol. The number of rotatable bonds is 3. The summed E-state index contributed by atoms with van der Waals surface area (Å²) in [6, 6.07) is 4.72. The lowest BCUT2D eigenvalue weighted by atomic mass is 10.1. The maximum absolute atomic E-state index is 11.2. The van der Waals surface area contributed by atoms with Gasteiger partial charge in [0.05, 0.1) is 11.3 Å². The smallest absolute Gasteiger partial charge is 0.335 e. The van der Waals surface area contributed by atoms with E-state index in [1.807, 2.05) is 0 Å². The molecule has 2 aromatic rings. The summed E-state index contributed by atoms with van der Waals surface area (Å²) in [6.45, 7) is 0. The number of hydrogen-bond donors (Lipinski definition) is 1. The van der Waals surface area contributed by atoms with Crippen LogP contribution in [-0.4, -0.2) is 25.7 Å². The minimum absolute atomic E-state index is 0.0145. The molecule has 0 amide bonds. The Labute approximate surface area is 102 Å². The molecule has 1 aromatic carbocycles. The summed E-state index contributed by atoms with van der Waals surface area (Å²) < 4.78 is 23.3. The maximum Gasteiger partial charge on any atom is 0.335 e. The highest BCUT2D eigenvalue weighted by Gasteiger charge is 2.12. The molecule has 1 heterocycles. The Balaban J connectivity index is 2.52. The van der Waals surface area contributed by atoms with Crippen molar-refractivity contribution in [3.05, 3.63) is 34.7 Å². The van der Waals surface area contributed by atoms with E-state index >= 15 is 0 Å². The van der Waals surface area contributed by atoms with Gasteiger partial charge in [-0.15, -0.1) is 11.3 Å². The van der Waals surface area contributed by atoms with Gasteiger partial charge in [0, 0.05) is 11.0 Å². The quantitative estimate of drug-likeness (QED) is 0.927. The third-order valence-electron chi connectivity index (χ3n) is 2.32. The second kappa shape index (κ2) is 4.12. The second-order valence-electron chi connectivity index (χ2n) is 3.85. The molecular formula is C11H10O4S2. The monoisotopic (exact) mass is 270 g/mol. The van der Waals surface area contributed by atoms with E-state index in [1.165, 1.54) is 23.7 Å². The van der Waals surface area contributed by atoms with Gasteiger partial charge in [-0.3, -0.25) is 0 Å². The average molecular weight is 270 g/mol. The molecule has 1 N–H and O–H groups in total. The van der Waals surface area contributed by atoms with E-state index in [9.17, 15) is 13.2 Å². The number of thiophene rings is 1. The van der Waals surface area contributed by atoms with Crippen LogP contribution in [0.4, 0.5) is 0 Å². The fourth-order valence-electron chi connectivity index (χ4n) is 1.61. The normalized spacial score (nSPS) is 11.8. The lowest BCUT2D eigenvalue weighted by molar-refractivity contribution is 0.0697. The van der Waals surface area contributed by atoms with Crippen LogP contribution in [0.25, 0.3) is 10.1 Å². The average Bonchev–Trinajstić information content (AvgIpc) is 2.58. The highest BCUT2D eigenvalue weighted by molar-refractivity contribution is 7.89. The zero-order chi connectivity index (χ0) is 12.6. The fraction of sp³-hybridized carbons (Fsp3) is 0.182. The first-order valence-electron chi connectivity index (χ1n) is 4.78. The Kier molecular flexibility index (Phi) is 2.92. The van der Waals surface area contributed by atoms with Crippen LogP contribution in [-0.2, 0) is 15.6 Å². The summed E-state index contributed by atoms with van der Waals surface area (Å²) in [5.41, 5.74) is 0.940. The molecule has 4 nitrogen and oxygen atoms in total. The zero-order valence-corrected chi connectivity index (χ0v) is 10.6. The van der Waals surface area contributed by atoms with E-state index in [1.54, 1.807) is 17.5 Å². The van der Waals surface area contributed by atoms with Crippen molar-refractivity contribution in [2.45, 2.75) is 5.75 Å². The van der Waals surface area contributed by atoms with Gasteiger partial charge in [0.25, 0.3) is 0 Å². The summed E-state index contributed by atoms with van der Waals surface area (Å²) in [7, 11) is -3.07. The van der Waals surface area contributed by atoms with Gasteiger partial charge in [-0.2, -0.15) is 0 Å². The Morgan fingerprint density at radius 1 is 1.41 bits per heavy atom. The van der Waals surface area contributed by atoms with E-state index < -0.39 is 15.8 Å². The summed E-state index contributed by atoms with van der Waals surface area (Å²) in [5, 5.41) is 11.4. The first-order chi connectivity index (χ1) is 7.87. The first kappa shape index (κ1) is 12.1. The molecule has 0 saturated heterocycles. The summed E-state index contributed by atoms with van der Waals surface area (Å²) in [4.78, 5) is 10.8. The molecule has 0 radical (unpaired) electrons. The molecular weight excluding hydrogens is 260 g/mol. The molecule has 0 aliphatic heterocycles. The van der Waals surface area contributed by atoms with Crippen molar-refractivity contribution in [3.63, 3.8) is 0 Å². The lowest BCUT2D eigenvalue weighted by Gasteiger charge is -1.98. The SMILES string of the molecule is CS(=O)(=O)Cc1csc2cc(C(=O)O)ccc12. The third-order valence-corrected chi connectivity index (χ3v) is 4.15. The van der Waals surface area contributed by atoms with Crippen LogP contribution < -0.4 is 0 Å². The van der Waals surface area contributed by atoms with Crippen molar-refractivity contribution in [3.8, 4) is 0 Å². The van der Waals surface area contributed by atoms with E-state index in [-0.39, 0.29) is 11.3 Å². The third kappa shape index (κ3) is 2.65. The van der Waals surface area contributed by atoms with Crippen LogP contribution in [0.1, 0.15) is 15.9 Å². The van der Waals surface area contributed by atoms with Gasteiger partial charge in [-0.25, -0.2) is 13.2 Å². The van der Waals surface area contributed by atoms with Crippen molar-refractivity contribution < 1.29 is 18.3 Å². The van der Waals surface area contributed by atoms with Crippen LogP contribution in [0.5, 0.6) is 0 Å². The van der Waals surface area contributed by atoms with Crippen LogP contribution >= 0.6 is 11.3 Å². The molecule has 0 fully saturated rings. The van der Waals surface area contributed by atoms with Crippen LogP contribution in [0.15, 0.2) is 23.6 Å². The van der Waals surface area contributed by atoms with Gasteiger partial charge in [0.15, 0.2) is 9.84 Å². The molecule has 90 valence electrons. The van der Waals surface area contributed by atoms with E-state index in [4.69, 9.17) is 5.11 Å². The minimum atomic E-state index is -3.07. The Morgan fingerprint density at radius 2 is 2.12 bits per heavy atom. The zero-order valence-electron chi connectivity index (χ0n) is 9.00. The molecule has 0 unspecified atom stereocenters. The number of carbonyl (C=O) groups is 1. The van der Waals surface area contributed by atoms with Gasteiger partial charge in [-0.1, -0.05) is 6.07 Å². The molecule has 2 rings (SSSR count). The molecule has 0 aliphatic rings. The summed E-state index contributed by atoms with van der Waals surface area (Å²) in [6.07, 6.45) is 1.18. The largest absolute Gasteiger partial charge is 0.478 e. The highest BCUT2D eigenvalue weighted by atomic mass is 32.2. The second-order valence-corrected chi connectivity index (χ2v) is 6.90. The summed E-state index contributed by atoms with van der Waals surface area (Å²) in [5.74, 6) is -0.996. The van der Waals surface area contributed by atoms with Gasteiger partial charge < -0.3 is 5.11 Å². The van der Waals surface area contributed by atoms with Gasteiger partial charge >= 0.3 is 5.97 Å².